The van der Waals surface area contributed by atoms with Crippen molar-refractivity contribution >= 4 is 30.3 Å². The van der Waals surface area contributed by atoms with E-state index in [2.05, 4.69) is 4.98 Å². The van der Waals surface area contributed by atoms with Crippen molar-refractivity contribution in [3.05, 3.63) is 47.5 Å². The summed E-state index contributed by atoms with van der Waals surface area (Å²) in [5, 5.41) is 0.964. The molecular weight excluding hydrogens is 416 g/mol. The topological polar surface area (TPSA) is 101 Å². The Morgan fingerprint density at radius 3 is 2.77 bits per heavy atom. The summed E-state index contributed by atoms with van der Waals surface area (Å²) in [7, 11) is 5.32. The van der Waals surface area contributed by atoms with Gasteiger partial charge in [-0.15, -0.1) is 0 Å². The summed E-state index contributed by atoms with van der Waals surface area (Å²) >= 11 is 0. The molecule has 1 atom stereocenters. The fraction of sp³-hybridized carbons (Fsp3) is 0.409. The van der Waals surface area contributed by atoms with Crippen LogP contribution in [0.2, 0.25) is 0 Å². The Kier molecular flexibility index (Phi) is 7.00. The molecule has 166 valence electrons. The van der Waals surface area contributed by atoms with Crippen LogP contribution in [0.5, 0.6) is 0 Å². The molecule has 0 aliphatic carbocycles. The van der Waals surface area contributed by atoms with Gasteiger partial charge in [0.1, 0.15) is 5.60 Å². The van der Waals surface area contributed by atoms with Gasteiger partial charge < -0.3 is 24.5 Å². The number of hydrogen-bond acceptors (Lipinski definition) is 6. The number of amides is 1. The quantitative estimate of drug-likeness (QED) is 0.599. The Morgan fingerprint density at radius 2 is 2.13 bits per heavy atom. The largest absolute Gasteiger partial charge is 0.380 e. The summed E-state index contributed by atoms with van der Waals surface area (Å²) in [6.45, 7) is 1.56. The molecule has 1 aliphatic heterocycles. The lowest BCUT2D eigenvalue weighted by Crippen LogP contribution is -2.30. The Morgan fingerprint density at radius 1 is 1.32 bits per heavy atom. The number of hydrogen-bond donors (Lipinski definition) is 1. The number of methoxy groups -OCH3 is 2. The summed E-state index contributed by atoms with van der Waals surface area (Å²) in [6, 6.07) is 5.95. The van der Waals surface area contributed by atoms with Gasteiger partial charge >= 0.3 is 0 Å². The van der Waals surface area contributed by atoms with E-state index in [1.807, 2.05) is 36.0 Å². The highest BCUT2D eigenvalue weighted by atomic mass is 32.1. The van der Waals surface area contributed by atoms with Crippen LogP contribution in [-0.2, 0) is 44.7 Å². The molecule has 2 N–H and O–H groups in total. The summed E-state index contributed by atoms with van der Waals surface area (Å²) in [5.41, 5.74) is 9.97. The van der Waals surface area contributed by atoms with Crippen LogP contribution in [0.4, 0.5) is 0 Å². The fourth-order valence-electron chi connectivity index (χ4n) is 4.02. The molecule has 4 rings (SSSR count). The minimum absolute atomic E-state index is 0. The van der Waals surface area contributed by atoms with Crippen molar-refractivity contribution in [2.24, 2.45) is 12.8 Å². The van der Waals surface area contributed by atoms with E-state index < -0.39 is 11.5 Å². The molecule has 9 heteroatoms. The number of rotatable bonds is 7. The van der Waals surface area contributed by atoms with E-state index in [4.69, 9.17) is 24.9 Å². The van der Waals surface area contributed by atoms with Crippen LogP contribution >= 0.6 is 13.5 Å². The standard InChI is InChI=1S/C22H26N4O4.H2S/c1-26-11-17(16-8-15(9-21(23)27)24-10-19(16)26)18-6-14(12-28-2)7-20(25-18)22(29-3)4-5-30-13-22;/h6-8,10-11H,4-5,9,12-13H2,1-3H3,(H2,23,27);1H2/t22-;/m1./s1. The van der Waals surface area contributed by atoms with Gasteiger partial charge in [-0.25, -0.2) is 4.98 Å². The number of carbonyl (C=O) groups excluding carboxylic acids is 1. The van der Waals surface area contributed by atoms with E-state index in [1.54, 1.807) is 20.4 Å². The summed E-state index contributed by atoms with van der Waals surface area (Å²) < 4.78 is 18.9. The van der Waals surface area contributed by atoms with Crippen LogP contribution in [0.25, 0.3) is 22.2 Å². The van der Waals surface area contributed by atoms with E-state index >= 15 is 0 Å². The van der Waals surface area contributed by atoms with Gasteiger partial charge in [-0.05, 0) is 23.8 Å². The zero-order valence-corrected chi connectivity index (χ0v) is 19.0. The van der Waals surface area contributed by atoms with E-state index in [9.17, 15) is 4.79 Å². The smallest absolute Gasteiger partial charge is 0.223 e. The maximum absolute atomic E-state index is 11.4. The molecule has 31 heavy (non-hydrogen) atoms. The number of fused-ring (bicyclic) bond motifs is 1. The second-order valence-electron chi connectivity index (χ2n) is 7.67. The SMILES string of the molecule is COCc1cc(-c2cn(C)c3cnc(CC(N)=O)cc23)nc([C@@]2(OC)CCOC2)c1.S. The lowest BCUT2D eigenvalue weighted by Gasteiger charge is -2.26. The van der Waals surface area contributed by atoms with E-state index in [1.165, 1.54) is 0 Å². The van der Waals surface area contributed by atoms with Crippen LogP contribution in [0.3, 0.4) is 0 Å². The van der Waals surface area contributed by atoms with Crippen LogP contribution in [-0.4, -0.2) is 47.9 Å². The number of nitrogens with zero attached hydrogens (tertiary/aromatic N) is 3. The van der Waals surface area contributed by atoms with Gasteiger partial charge in [0.25, 0.3) is 0 Å². The van der Waals surface area contributed by atoms with Gasteiger partial charge in [0.15, 0.2) is 0 Å². The molecule has 8 nitrogen and oxygen atoms in total. The zero-order valence-electron chi connectivity index (χ0n) is 18.0. The van der Waals surface area contributed by atoms with Gasteiger partial charge in [-0.2, -0.15) is 13.5 Å². The predicted octanol–water partition coefficient (Wildman–Crippen LogP) is 2.18. The first-order chi connectivity index (χ1) is 14.5. The van der Waals surface area contributed by atoms with Crippen molar-refractivity contribution in [3.8, 4) is 11.3 Å². The third-order valence-electron chi connectivity index (χ3n) is 5.60. The lowest BCUT2D eigenvalue weighted by molar-refractivity contribution is -0.117. The first-order valence-corrected chi connectivity index (χ1v) is 9.81. The third-order valence-corrected chi connectivity index (χ3v) is 5.60. The van der Waals surface area contributed by atoms with Crippen molar-refractivity contribution < 1.29 is 19.0 Å². The van der Waals surface area contributed by atoms with Gasteiger partial charge in [-0.3, -0.25) is 9.78 Å². The third kappa shape index (κ3) is 4.45. The molecule has 3 aromatic heterocycles. The van der Waals surface area contributed by atoms with E-state index in [-0.39, 0.29) is 19.9 Å². The molecule has 1 amide bonds. The molecule has 3 aromatic rings. The highest BCUT2D eigenvalue weighted by molar-refractivity contribution is 7.59. The minimum Gasteiger partial charge on any atom is -0.380 e. The highest BCUT2D eigenvalue weighted by Gasteiger charge is 2.39. The van der Waals surface area contributed by atoms with Gasteiger partial charge in [0.05, 0.1) is 48.4 Å². The monoisotopic (exact) mass is 444 g/mol. The normalized spacial score (nSPS) is 18.3. The first-order valence-electron chi connectivity index (χ1n) is 9.81. The van der Waals surface area contributed by atoms with Crippen LogP contribution in [0, 0.1) is 0 Å². The molecule has 0 unspecified atom stereocenters. The lowest BCUT2D eigenvalue weighted by atomic mass is 9.95. The van der Waals surface area contributed by atoms with Gasteiger partial charge in [0, 0.05) is 51.4 Å². The maximum atomic E-state index is 11.4. The molecule has 1 fully saturated rings. The van der Waals surface area contributed by atoms with Gasteiger partial charge in [-0.1, -0.05) is 0 Å². The van der Waals surface area contributed by atoms with Crippen LogP contribution < -0.4 is 5.73 Å². The molecule has 0 aromatic carbocycles. The number of aromatic nitrogens is 3. The molecule has 1 saturated heterocycles. The number of ether oxygens (including phenoxy) is 3. The summed E-state index contributed by atoms with van der Waals surface area (Å²) in [4.78, 5) is 20.7. The van der Waals surface area contributed by atoms with Crippen LogP contribution in [0.1, 0.15) is 23.4 Å². The van der Waals surface area contributed by atoms with Crippen molar-refractivity contribution in [1.82, 2.24) is 14.5 Å². The summed E-state index contributed by atoms with van der Waals surface area (Å²) in [5.74, 6) is -0.412. The maximum Gasteiger partial charge on any atom is 0.223 e. The Labute approximate surface area is 188 Å². The number of carbonyl (C=O) groups is 1. The minimum atomic E-state index is -0.568. The molecular formula is C22H28N4O4S. The fourth-order valence-corrected chi connectivity index (χ4v) is 4.02. The molecule has 4 heterocycles. The first kappa shape index (κ1) is 23.2. The molecule has 0 saturated carbocycles. The van der Waals surface area contributed by atoms with Crippen molar-refractivity contribution in [3.63, 3.8) is 0 Å². The van der Waals surface area contributed by atoms with E-state index in [0.29, 0.717) is 25.5 Å². The number of primary amides is 1. The van der Waals surface area contributed by atoms with Crippen molar-refractivity contribution in [1.29, 1.82) is 0 Å². The molecule has 0 bridgehead atoms. The zero-order chi connectivity index (χ0) is 21.3. The van der Waals surface area contributed by atoms with Gasteiger partial charge in [0.2, 0.25) is 5.91 Å². The Balaban J connectivity index is 0.00000272. The predicted molar refractivity (Wildman–Crippen MR) is 122 cm³/mol. The van der Waals surface area contributed by atoms with E-state index in [0.717, 1.165) is 39.8 Å². The second-order valence-corrected chi connectivity index (χ2v) is 7.67. The number of pyridine rings is 2. The number of aryl methyl sites for hydroxylation is 1. The second kappa shape index (κ2) is 9.35. The molecule has 1 aliphatic rings. The van der Waals surface area contributed by atoms with Crippen LogP contribution in [0.15, 0.2) is 30.6 Å². The molecule has 0 radical (unpaired) electrons. The molecule has 0 spiro atoms. The van der Waals surface area contributed by atoms with Crippen molar-refractivity contribution in [2.45, 2.75) is 25.0 Å². The summed E-state index contributed by atoms with van der Waals surface area (Å²) in [6.07, 6.45) is 4.62. The van der Waals surface area contributed by atoms with Crippen molar-refractivity contribution in [2.75, 3.05) is 27.4 Å². The average Bonchev–Trinajstić information content (AvgIpc) is 3.33. The average molecular weight is 445 g/mol. The Hall–Kier alpha value is -2.46. The number of nitrogens with two attached hydrogens (primary N) is 1. The highest BCUT2D eigenvalue weighted by Crippen LogP contribution is 2.36. The Bertz CT molecular complexity index is 1090.